The van der Waals surface area contributed by atoms with E-state index in [1.165, 1.54) is 6.92 Å². The van der Waals surface area contributed by atoms with Crippen LogP contribution >= 0.6 is 7.60 Å². The van der Waals surface area contributed by atoms with E-state index in [1.807, 2.05) is 6.07 Å². The summed E-state index contributed by atoms with van der Waals surface area (Å²) in [6, 6.07) is 8.80. The molecule has 1 rings (SSSR count). The molecule has 0 radical (unpaired) electrons. The van der Waals surface area contributed by atoms with Crippen LogP contribution in [0.3, 0.4) is 0 Å². The molecule has 0 N–H and O–H groups in total. The first-order chi connectivity index (χ1) is 9.03. The fraction of sp³-hybridized carbons (Fsp3) is 0.462. The molecule has 0 heterocycles. The van der Waals surface area contributed by atoms with Crippen LogP contribution in [0.25, 0.3) is 0 Å². The van der Waals surface area contributed by atoms with Crippen molar-refractivity contribution in [1.82, 2.24) is 0 Å². The molecule has 1 aromatic rings. The Morgan fingerprint density at radius 1 is 1.16 bits per heavy atom. The zero-order valence-corrected chi connectivity index (χ0v) is 12.3. The van der Waals surface area contributed by atoms with Gasteiger partial charge in [0.05, 0.1) is 13.2 Å². The highest BCUT2D eigenvalue weighted by atomic mass is 31.2. The lowest BCUT2D eigenvalue weighted by Crippen LogP contribution is -2.13. The number of hydrogen-bond donors (Lipinski definition) is 0. The molecule has 6 heteroatoms. The number of esters is 1. The van der Waals surface area contributed by atoms with Crippen LogP contribution in [0.1, 0.15) is 32.2 Å². The van der Waals surface area contributed by atoms with Crippen molar-refractivity contribution < 1.29 is 23.1 Å². The Balaban J connectivity index is 3.14. The first-order valence-electron chi connectivity index (χ1n) is 6.14. The number of hydrogen-bond acceptors (Lipinski definition) is 5. The van der Waals surface area contributed by atoms with Crippen LogP contribution in [0, 0.1) is 0 Å². The number of carbonyl (C=O) groups excluding carboxylic acids is 1. The second-order valence-corrected chi connectivity index (χ2v) is 5.81. The molecule has 0 aliphatic heterocycles. The molecule has 19 heavy (non-hydrogen) atoms. The van der Waals surface area contributed by atoms with Crippen molar-refractivity contribution >= 4 is 13.6 Å². The number of ether oxygens (including phenoxy) is 1. The van der Waals surface area contributed by atoms with Crippen molar-refractivity contribution in [2.75, 3.05) is 13.2 Å². The smallest absolute Gasteiger partial charge is 0.375 e. The number of carbonyl (C=O) groups is 1. The van der Waals surface area contributed by atoms with Gasteiger partial charge in [0.25, 0.3) is 0 Å². The molecule has 0 fully saturated rings. The van der Waals surface area contributed by atoms with Gasteiger partial charge in [-0.25, -0.2) is 0 Å². The molecule has 0 aliphatic carbocycles. The quantitative estimate of drug-likeness (QED) is 0.567. The van der Waals surface area contributed by atoms with Crippen molar-refractivity contribution in [3.05, 3.63) is 35.9 Å². The van der Waals surface area contributed by atoms with Gasteiger partial charge in [-0.05, 0) is 13.8 Å². The minimum Gasteiger partial charge on any atom is -0.445 e. The van der Waals surface area contributed by atoms with Gasteiger partial charge in [0, 0.05) is 12.5 Å². The predicted molar refractivity (Wildman–Crippen MR) is 71.8 cm³/mol. The van der Waals surface area contributed by atoms with Crippen LogP contribution in [-0.4, -0.2) is 19.2 Å². The number of benzene rings is 1. The average molecular weight is 286 g/mol. The molecule has 0 spiro atoms. The monoisotopic (exact) mass is 286 g/mol. The first-order valence-corrected chi connectivity index (χ1v) is 7.75. The first kappa shape index (κ1) is 15.9. The van der Waals surface area contributed by atoms with Crippen LogP contribution < -0.4 is 0 Å². The molecule has 106 valence electrons. The Hall–Kier alpha value is -1.16. The van der Waals surface area contributed by atoms with E-state index in [-0.39, 0.29) is 13.2 Å². The van der Waals surface area contributed by atoms with Crippen LogP contribution in [0.5, 0.6) is 0 Å². The second-order valence-electron chi connectivity index (χ2n) is 3.75. The Labute approximate surface area is 113 Å². The lowest BCUT2D eigenvalue weighted by atomic mass is 10.2. The fourth-order valence-electron chi connectivity index (χ4n) is 1.62. The van der Waals surface area contributed by atoms with E-state index in [4.69, 9.17) is 13.8 Å². The minimum absolute atomic E-state index is 0.210. The van der Waals surface area contributed by atoms with Gasteiger partial charge in [-0.3, -0.25) is 9.36 Å². The molecule has 1 atom stereocenters. The summed E-state index contributed by atoms with van der Waals surface area (Å²) in [5.41, 5.74) is 0.586. The SMILES string of the molecule is CCOP(=O)(OCC)[C@H](OC(C)=O)c1ccccc1. The van der Waals surface area contributed by atoms with Crippen LogP contribution in [-0.2, 0) is 23.1 Å². The van der Waals surface area contributed by atoms with Gasteiger partial charge in [-0.1, -0.05) is 30.3 Å². The highest BCUT2D eigenvalue weighted by molar-refractivity contribution is 7.54. The maximum Gasteiger partial charge on any atom is 0.375 e. The second kappa shape index (κ2) is 7.43. The van der Waals surface area contributed by atoms with E-state index >= 15 is 0 Å². The van der Waals surface area contributed by atoms with Crippen LogP contribution in [0.2, 0.25) is 0 Å². The molecule has 0 bridgehead atoms. The van der Waals surface area contributed by atoms with Gasteiger partial charge >= 0.3 is 13.6 Å². The molecule has 0 aliphatic rings. The zero-order valence-electron chi connectivity index (χ0n) is 11.4. The van der Waals surface area contributed by atoms with E-state index < -0.39 is 19.4 Å². The summed E-state index contributed by atoms with van der Waals surface area (Å²) >= 11 is 0. The van der Waals surface area contributed by atoms with Crippen molar-refractivity contribution in [3.63, 3.8) is 0 Å². The maximum absolute atomic E-state index is 12.7. The van der Waals surface area contributed by atoms with Crippen molar-refractivity contribution in [3.8, 4) is 0 Å². The van der Waals surface area contributed by atoms with Crippen molar-refractivity contribution in [1.29, 1.82) is 0 Å². The third-order valence-corrected chi connectivity index (χ3v) is 4.48. The molecule has 5 nitrogen and oxygen atoms in total. The minimum atomic E-state index is -3.55. The fourth-order valence-corrected chi connectivity index (χ4v) is 3.50. The zero-order chi connectivity index (χ0) is 14.3. The summed E-state index contributed by atoms with van der Waals surface area (Å²) < 4.78 is 28.4. The van der Waals surface area contributed by atoms with Crippen LogP contribution in [0.4, 0.5) is 0 Å². The Kier molecular flexibility index (Phi) is 6.22. The van der Waals surface area contributed by atoms with Crippen molar-refractivity contribution in [2.45, 2.75) is 26.6 Å². The maximum atomic E-state index is 12.7. The Morgan fingerprint density at radius 2 is 1.68 bits per heavy atom. The number of rotatable bonds is 7. The highest BCUT2D eigenvalue weighted by Gasteiger charge is 2.39. The molecule has 0 aromatic heterocycles. The van der Waals surface area contributed by atoms with E-state index in [0.717, 1.165) is 0 Å². The van der Waals surface area contributed by atoms with Crippen molar-refractivity contribution in [2.24, 2.45) is 0 Å². The Bertz CT molecular complexity index is 436. The largest absolute Gasteiger partial charge is 0.445 e. The van der Waals surface area contributed by atoms with E-state index in [9.17, 15) is 9.36 Å². The summed E-state index contributed by atoms with van der Waals surface area (Å²) in [7, 11) is -3.55. The third kappa shape index (κ3) is 4.46. The molecular weight excluding hydrogens is 267 g/mol. The van der Waals surface area contributed by atoms with Gasteiger partial charge in [0.1, 0.15) is 0 Å². The standard InChI is InChI=1S/C13H19O5P/c1-4-16-19(15,17-5-2)13(18-11(3)14)12-9-7-6-8-10-12/h6-10,13H,4-5H2,1-3H3/t13-/m0/s1. The summed E-state index contributed by atoms with van der Waals surface area (Å²) in [4.78, 5) is 11.2. The van der Waals surface area contributed by atoms with Gasteiger partial charge in [0.15, 0.2) is 0 Å². The molecule has 0 saturated carbocycles. The summed E-state index contributed by atoms with van der Waals surface area (Å²) in [5, 5.41) is 0. The molecular formula is C13H19O5P. The summed E-state index contributed by atoms with van der Waals surface area (Å²) in [6.45, 7) is 5.10. The third-order valence-electron chi connectivity index (χ3n) is 2.27. The van der Waals surface area contributed by atoms with Gasteiger partial charge < -0.3 is 13.8 Å². The van der Waals surface area contributed by atoms with E-state index in [0.29, 0.717) is 5.56 Å². The molecule has 1 aromatic carbocycles. The normalized spacial score (nSPS) is 13.0. The molecule has 0 saturated heterocycles. The van der Waals surface area contributed by atoms with E-state index in [2.05, 4.69) is 0 Å². The summed E-state index contributed by atoms with van der Waals surface area (Å²) in [5.74, 6) is -1.57. The molecule has 0 unspecified atom stereocenters. The topological polar surface area (TPSA) is 61.8 Å². The lowest BCUT2D eigenvalue weighted by Gasteiger charge is -2.25. The molecule has 0 amide bonds. The van der Waals surface area contributed by atoms with E-state index in [1.54, 1.807) is 38.1 Å². The predicted octanol–water partition coefficient (Wildman–Crippen LogP) is 3.51. The average Bonchev–Trinajstić information content (AvgIpc) is 2.37. The van der Waals surface area contributed by atoms with Gasteiger partial charge in [-0.15, -0.1) is 0 Å². The van der Waals surface area contributed by atoms with Gasteiger partial charge in [0.2, 0.25) is 5.85 Å². The van der Waals surface area contributed by atoms with Gasteiger partial charge in [-0.2, -0.15) is 0 Å². The van der Waals surface area contributed by atoms with Crippen LogP contribution in [0.15, 0.2) is 30.3 Å². The highest BCUT2D eigenvalue weighted by Crippen LogP contribution is 2.61. The summed E-state index contributed by atoms with van der Waals surface area (Å²) in [6.07, 6.45) is 0. The lowest BCUT2D eigenvalue weighted by molar-refractivity contribution is -0.144. The Morgan fingerprint density at radius 3 is 2.11 bits per heavy atom.